The van der Waals surface area contributed by atoms with Crippen molar-refractivity contribution in [1.82, 2.24) is 18.7 Å². The summed E-state index contributed by atoms with van der Waals surface area (Å²) in [7, 11) is 1.49. The van der Waals surface area contributed by atoms with E-state index in [-0.39, 0.29) is 11.2 Å². The number of aryl methyl sites for hydroxylation is 2. The first-order valence-electron chi connectivity index (χ1n) is 5.26. The molecule has 6 nitrogen and oxygen atoms in total. The third kappa shape index (κ3) is 1.22. The standard InChI is InChI=1S/C10H14N4O2/c1-4-13-6-11-8-7(13)9(15)12(3)10(16)14(8)5-2/h6H,4-5H2,1-3H3. The van der Waals surface area contributed by atoms with Crippen LogP contribution in [0.5, 0.6) is 0 Å². The number of hydrogen-bond acceptors (Lipinski definition) is 3. The summed E-state index contributed by atoms with van der Waals surface area (Å²) in [5, 5.41) is 0. The Morgan fingerprint density at radius 2 is 1.94 bits per heavy atom. The zero-order chi connectivity index (χ0) is 11.9. The Hall–Kier alpha value is -1.85. The molecule has 2 aromatic rings. The first-order valence-corrected chi connectivity index (χ1v) is 5.26. The molecule has 16 heavy (non-hydrogen) atoms. The van der Waals surface area contributed by atoms with E-state index in [1.165, 1.54) is 11.6 Å². The minimum absolute atomic E-state index is 0.288. The van der Waals surface area contributed by atoms with E-state index in [0.717, 1.165) is 4.57 Å². The zero-order valence-corrected chi connectivity index (χ0v) is 9.60. The van der Waals surface area contributed by atoms with Crippen molar-refractivity contribution < 1.29 is 0 Å². The van der Waals surface area contributed by atoms with Crippen LogP contribution in [-0.2, 0) is 20.1 Å². The van der Waals surface area contributed by atoms with Crippen LogP contribution in [0.4, 0.5) is 0 Å². The smallest absolute Gasteiger partial charge is 0.325 e. The molecular formula is C10H14N4O2. The Morgan fingerprint density at radius 1 is 1.25 bits per heavy atom. The molecule has 86 valence electrons. The molecule has 0 radical (unpaired) electrons. The molecule has 0 saturated carbocycles. The van der Waals surface area contributed by atoms with Crippen molar-refractivity contribution in [2.45, 2.75) is 26.9 Å². The summed E-state index contributed by atoms with van der Waals surface area (Å²) in [5.74, 6) is 0. The Labute approximate surface area is 91.8 Å². The molecule has 0 aliphatic rings. The molecule has 0 fully saturated rings. The van der Waals surface area contributed by atoms with E-state index in [4.69, 9.17) is 0 Å². The third-order valence-electron chi connectivity index (χ3n) is 2.76. The summed E-state index contributed by atoms with van der Waals surface area (Å²) < 4.78 is 4.38. The number of fused-ring (bicyclic) bond motifs is 1. The lowest BCUT2D eigenvalue weighted by atomic mass is 10.5. The molecule has 0 amide bonds. The SMILES string of the molecule is CCn1cnc2c1c(=O)n(C)c(=O)n2CC. The number of hydrogen-bond donors (Lipinski definition) is 0. The molecule has 2 rings (SSSR count). The predicted molar refractivity (Wildman–Crippen MR) is 60.6 cm³/mol. The average molecular weight is 222 g/mol. The van der Waals surface area contributed by atoms with Crippen molar-refractivity contribution >= 4 is 11.2 Å². The second kappa shape index (κ2) is 3.62. The van der Waals surface area contributed by atoms with Gasteiger partial charge in [-0.1, -0.05) is 0 Å². The van der Waals surface area contributed by atoms with Gasteiger partial charge in [-0.05, 0) is 13.8 Å². The fourth-order valence-corrected chi connectivity index (χ4v) is 1.83. The van der Waals surface area contributed by atoms with Crippen molar-refractivity contribution in [1.29, 1.82) is 0 Å². The molecule has 2 aromatic heterocycles. The second-order valence-corrected chi connectivity index (χ2v) is 3.59. The number of aromatic nitrogens is 4. The van der Waals surface area contributed by atoms with Crippen LogP contribution in [0.15, 0.2) is 15.9 Å². The number of rotatable bonds is 2. The fraction of sp³-hybridized carbons (Fsp3) is 0.500. The van der Waals surface area contributed by atoms with Crippen molar-refractivity contribution in [2.24, 2.45) is 7.05 Å². The molecule has 2 heterocycles. The van der Waals surface area contributed by atoms with Gasteiger partial charge in [0.05, 0.1) is 6.33 Å². The maximum absolute atomic E-state index is 11.9. The Bertz CT molecular complexity index is 647. The van der Waals surface area contributed by atoms with Gasteiger partial charge in [0.15, 0.2) is 11.2 Å². The highest BCUT2D eigenvalue weighted by Gasteiger charge is 2.14. The molecule has 0 atom stereocenters. The minimum atomic E-state index is -0.318. The molecule has 0 aliphatic heterocycles. The lowest BCUT2D eigenvalue weighted by Gasteiger charge is -2.06. The van der Waals surface area contributed by atoms with Crippen molar-refractivity contribution in [3.8, 4) is 0 Å². The van der Waals surface area contributed by atoms with Gasteiger partial charge in [0.1, 0.15) is 0 Å². The summed E-state index contributed by atoms with van der Waals surface area (Å²) in [5.41, 5.74) is 0.356. The van der Waals surface area contributed by atoms with Gasteiger partial charge in [0.25, 0.3) is 5.56 Å². The van der Waals surface area contributed by atoms with Crippen molar-refractivity contribution in [3.63, 3.8) is 0 Å². The fourth-order valence-electron chi connectivity index (χ4n) is 1.83. The normalized spacial score (nSPS) is 11.2. The molecule has 0 aliphatic carbocycles. The van der Waals surface area contributed by atoms with E-state index in [1.807, 2.05) is 13.8 Å². The Kier molecular flexibility index (Phi) is 2.41. The summed E-state index contributed by atoms with van der Waals surface area (Å²) in [4.78, 5) is 27.9. The quantitative estimate of drug-likeness (QED) is 0.715. The van der Waals surface area contributed by atoms with Gasteiger partial charge in [-0.3, -0.25) is 13.9 Å². The molecule has 0 bridgehead atoms. The van der Waals surface area contributed by atoms with Gasteiger partial charge in [0, 0.05) is 20.1 Å². The van der Waals surface area contributed by atoms with Gasteiger partial charge in [-0.15, -0.1) is 0 Å². The largest absolute Gasteiger partial charge is 0.332 e. The van der Waals surface area contributed by atoms with Crippen molar-refractivity contribution in [2.75, 3.05) is 0 Å². The van der Waals surface area contributed by atoms with E-state index in [9.17, 15) is 9.59 Å². The Morgan fingerprint density at radius 3 is 2.50 bits per heavy atom. The predicted octanol–water partition coefficient (Wildman–Crippen LogP) is -0.0635. The molecule has 0 aromatic carbocycles. The van der Waals surface area contributed by atoms with E-state index in [0.29, 0.717) is 24.3 Å². The van der Waals surface area contributed by atoms with E-state index in [2.05, 4.69) is 4.98 Å². The zero-order valence-electron chi connectivity index (χ0n) is 9.60. The summed E-state index contributed by atoms with van der Waals surface area (Å²) in [6, 6.07) is 0. The molecule has 0 saturated heterocycles. The van der Waals surface area contributed by atoms with Gasteiger partial charge in [-0.2, -0.15) is 0 Å². The maximum Gasteiger partial charge on any atom is 0.332 e. The van der Waals surface area contributed by atoms with Crippen LogP contribution in [0.2, 0.25) is 0 Å². The lowest BCUT2D eigenvalue weighted by molar-refractivity contribution is 0.649. The monoisotopic (exact) mass is 222 g/mol. The van der Waals surface area contributed by atoms with Crippen LogP contribution in [0.3, 0.4) is 0 Å². The third-order valence-corrected chi connectivity index (χ3v) is 2.76. The highest BCUT2D eigenvalue weighted by atomic mass is 16.2. The Balaban J connectivity index is 3.07. The van der Waals surface area contributed by atoms with Crippen LogP contribution in [0.25, 0.3) is 11.2 Å². The minimum Gasteiger partial charge on any atom is -0.325 e. The highest BCUT2D eigenvalue weighted by Crippen LogP contribution is 2.05. The second-order valence-electron chi connectivity index (χ2n) is 3.59. The van der Waals surface area contributed by atoms with Crippen LogP contribution >= 0.6 is 0 Å². The molecule has 6 heteroatoms. The van der Waals surface area contributed by atoms with Crippen molar-refractivity contribution in [3.05, 3.63) is 27.2 Å². The highest BCUT2D eigenvalue weighted by molar-refractivity contribution is 5.69. The lowest BCUT2D eigenvalue weighted by Crippen LogP contribution is -2.38. The maximum atomic E-state index is 11.9. The first-order chi connectivity index (χ1) is 7.61. The van der Waals surface area contributed by atoms with E-state index < -0.39 is 0 Å². The van der Waals surface area contributed by atoms with Gasteiger partial charge in [-0.25, -0.2) is 9.78 Å². The number of imidazole rings is 1. The average Bonchev–Trinajstić information content (AvgIpc) is 2.70. The van der Waals surface area contributed by atoms with Gasteiger partial charge < -0.3 is 4.57 Å². The molecule has 0 N–H and O–H groups in total. The summed E-state index contributed by atoms with van der Waals surface area (Å²) in [6.45, 7) is 4.95. The topological polar surface area (TPSA) is 61.8 Å². The summed E-state index contributed by atoms with van der Waals surface area (Å²) in [6.07, 6.45) is 1.59. The van der Waals surface area contributed by atoms with Gasteiger partial charge in [0.2, 0.25) is 0 Å². The van der Waals surface area contributed by atoms with Crippen LogP contribution in [0.1, 0.15) is 13.8 Å². The van der Waals surface area contributed by atoms with E-state index >= 15 is 0 Å². The van der Waals surface area contributed by atoms with Gasteiger partial charge >= 0.3 is 5.69 Å². The number of nitrogens with zero attached hydrogens (tertiary/aromatic N) is 4. The summed E-state index contributed by atoms with van der Waals surface area (Å²) >= 11 is 0. The van der Waals surface area contributed by atoms with Crippen LogP contribution in [-0.4, -0.2) is 18.7 Å². The molecule has 0 spiro atoms. The first kappa shape index (κ1) is 10.7. The van der Waals surface area contributed by atoms with Crippen LogP contribution < -0.4 is 11.2 Å². The van der Waals surface area contributed by atoms with E-state index in [1.54, 1.807) is 10.9 Å². The molecular weight excluding hydrogens is 208 g/mol. The molecule has 0 unspecified atom stereocenters. The van der Waals surface area contributed by atoms with Crippen LogP contribution in [0, 0.1) is 0 Å².